The lowest BCUT2D eigenvalue weighted by Gasteiger charge is -2.09. The molecule has 0 bridgehead atoms. The van der Waals surface area contributed by atoms with Gasteiger partial charge in [-0.25, -0.2) is 0 Å². The molecule has 0 radical (unpaired) electrons. The van der Waals surface area contributed by atoms with Gasteiger partial charge in [0.2, 0.25) is 0 Å². The van der Waals surface area contributed by atoms with E-state index in [1.807, 2.05) is 31.2 Å². The second-order valence-electron chi connectivity index (χ2n) is 3.85. The molecule has 0 saturated heterocycles. The Balaban J connectivity index is 2.53. The zero-order valence-corrected chi connectivity index (χ0v) is 10.5. The molecule has 0 unspecified atom stereocenters. The lowest BCUT2D eigenvalue weighted by Crippen LogP contribution is -1.87. The summed E-state index contributed by atoms with van der Waals surface area (Å²) < 4.78 is 5.19. The number of rotatable bonds is 2. The maximum atomic E-state index is 9.38. The van der Waals surface area contributed by atoms with Crippen LogP contribution in [0.3, 0.4) is 0 Å². The molecule has 0 aliphatic carbocycles. The van der Waals surface area contributed by atoms with Crippen LogP contribution in [0, 0.1) is 6.92 Å². The van der Waals surface area contributed by atoms with Gasteiger partial charge < -0.3 is 9.84 Å². The summed E-state index contributed by atoms with van der Waals surface area (Å²) in [6.07, 6.45) is 0. The highest BCUT2D eigenvalue weighted by molar-refractivity contribution is 6.32. The van der Waals surface area contributed by atoms with Crippen molar-refractivity contribution in [3.8, 4) is 22.6 Å². The summed E-state index contributed by atoms with van der Waals surface area (Å²) >= 11 is 5.98. The van der Waals surface area contributed by atoms with Crippen LogP contribution in [-0.2, 0) is 0 Å². The SMILES string of the molecule is COc1cc(-c2ccc(O)cc2C)ccc1Cl. The maximum Gasteiger partial charge on any atom is 0.138 e. The van der Waals surface area contributed by atoms with E-state index in [1.54, 1.807) is 19.2 Å². The number of methoxy groups -OCH3 is 1. The average molecular weight is 249 g/mol. The minimum atomic E-state index is 0.271. The lowest BCUT2D eigenvalue weighted by molar-refractivity contribution is 0.415. The number of benzene rings is 2. The first-order valence-electron chi connectivity index (χ1n) is 5.25. The molecular formula is C14H13ClO2. The molecule has 3 heteroatoms. The van der Waals surface area contributed by atoms with Crippen molar-refractivity contribution in [2.24, 2.45) is 0 Å². The molecule has 0 saturated carbocycles. The van der Waals surface area contributed by atoms with E-state index in [0.717, 1.165) is 16.7 Å². The van der Waals surface area contributed by atoms with Gasteiger partial charge in [0, 0.05) is 0 Å². The minimum Gasteiger partial charge on any atom is -0.508 e. The number of ether oxygens (including phenoxy) is 1. The van der Waals surface area contributed by atoms with Gasteiger partial charge in [0.15, 0.2) is 0 Å². The van der Waals surface area contributed by atoms with Crippen molar-refractivity contribution in [1.82, 2.24) is 0 Å². The van der Waals surface area contributed by atoms with Gasteiger partial charge >= 0.3 is 0 Å². The van der Waals surface area contributed by atoms with Crippen LogP contribution in [0.1, 0.15) is 5.56 Å². The first kappa shape index (κ1) is 11.8. The van der Waals surface area contributed by atoms with Crippen molar-refractivity contribution in [3.63, 3.8) is 0 Å². The molecular weight excluding hydrogens is 236 g/mol. The fourth-order valence-corrected chi connectivity index (χ4v) is 1.99. The van der Waals surface area contributed by atoms with Gasteiger partial charge in [0.1, 0.15) is 11.5 Å². The van der Waals surface area contributed by atoms with E-state index in [2.05, 4.69) is 0 Å². The molecule has 0 atom stereocenters. The third-order valence-electron chi connectivity index (χ3n) is 2.67. The average Bonchev–Trinajstić information content (AvgIpc) is 2.30. The van der Waals surface area contributed by atoms with E-state index >= 15 is 0 Å². The summed E-state index contributed by atoms with van der Waals surface area (Å²) in [6.45, 7) is 1.95. The summed E-state index contributed by atoms with van der Waals surface area (Å²) in [6, 6.07) is 10.9. The van der Waals surface area contributed by atoms with Crippen LogP contribution in [0.15, 0.2) is 36.4 Å². The van der Waals surface area contributed by atoms with Crippen molar-refractivity contribution < 1.29 is 9.84 Å². The molecule has 1 N–H and O–H groups in total. The lowest BCUT2D eigenvalue weighted by atomic mass is 10.0. The number of aryl methyl sites for hydroxylation is 1. The van der Waals surface area contributed by atoms with Crippen molar-refractivity contribution in [2.75, 3.05) is 7.11 Å². The van der Waals surface area contributed by atoms with Crippen LogP contribution in [0.4, 0.5) is 0 Å². The van der Waals surface area contributed by atoms with Crippen molar-refractivity contribution in [1.29, 1.82) is 0 Å². The summed E-state index contributed by atoms with van der Waals surface area (Å²) in [4.78, 5) is 0. The molecule has 0 amide bonds. The largest absolute Gasteiger partial charge is 0.508 e. The van der Waals surface area contributed by atoms with E-state index < -0.39 is 0 Å². The predicted molar refractivity (Wildman–Crippen MR) is 69.8 cm³/mol. The van der Waals surface area contributed by atoms with Crippen LogP contribution < -0.4 is 4.74 Å². The first-order chi connectivity index (χ1) is 8.11. The van der Waals surface area contributed by atoms with E-state index in [0.29, 0.717) is 10.8 Å². The fourth-order valence-electron chi connectivity index (χ4n) is 1.80. The van der Waals surface area contributed by atoms with Crippen molar-refractivity contribution >= 4 is 11.6 Å². The molecule has 2 nitrogen and oxygen atoms in total. The summed E-state index contributed by atoms with van der Waals surface area (Å²) in [5, 5.41) is 9.97. The first-order valence-corrected chi connectivity index (χ1v) is 5.63. The third-order valence-corrected chi connectivity index (χ3v) is 2.98. The van der Waals surface area contributed by atoms with Crippen LogP contribution in [0.2, 0.25) is 5.02 Å². The van der Waals surface area contributed by atoms with E-state index in [9.17, 15) is 5.11 Å². The van der Waals surface area contributed by atoms with E-state index in [-0.39, 0.29) is 5.75 Å². The molecule has 0 fully saturated rings. The standard InChI is InChI=1S/C14H13ClO2/c1-9-7-11(16)4-5-12(9)10-3-6-13(15)14(8-10)17-2/h3-8,16H,1-2H3. The van der Waals surface area contributed by atoms with Crippen molar-refractivity contribution in [3.05, 3.63) is 47.0 Å². The normalized spacial score (nSPS) is 10.3. The van der Waals surface area contributed by atoms with E-state index in [4.69, 9.17) is 16.3 Å². The summed E-state index contributed by atoms with van der Waals surface area (Å²) in [5.74, 6) is 0.920. The predicted octanol–water partition coefficient (Wildman–Crippen LogP) is 4.03. The van der Waals surface area contributed by atoms with Gasteiger partial charge in [-0.1, -0.05) is 23.7 Å². The van der Waals surface area contributed by atoms with Gasteiger partial charge in [-0.05, 0) is 47.9 Å². The van der Waals surface area contributed by atoms with Crippen LogP contribution in [-0.4, -0.2) is 12.2 Å². The van der Waals surface area contributed by atoms with Gasteiger partial charge in [-0.15, -0.1) is 0 Å². The highest BCUT2D eigenvalue weighted by Crippen LogP contribution is 2.32. The van der Waals surface area contributed by atoms with Crippen LogP contribution in [0.5, 0.6) is 11.5 Å². The number of hydrogen-bond donors (Lipinski definition) is 1. The van der Waals surface area contributed by atoms with Crippen LogP contribution in [0.25, 0.3) is 11.1 Å². The Hall–Kier alpha value is -1.67. The monoisotopic (exact) mass is 248 g/mol. The molecule has 17 heavy (non-hydrogen) atoms. The summed E-state index contributed by atoms with van der Waals surface area (Å²) in [5.41, 5.74) is 3.08. The van der Waals surface area contributed by atoms with Gasteiger partial charge in [0.25, 0.3) is 0 Å². The minimum absolute atomic E-state index is 0.271. The number of phenols is 1. The molecule has 0 aromatic heterocycles. The number of aromatic hydroxyl groups is 1. The van der Waals surface area contributed by atoms with E-state index in [1.165, 1.54) is 0 Å². The van der Waals surface area contributed by atoms with Crippen molar-refractivity contribution in [2.45, 2.75) is 6.92 Å². The second kappa shape index (κ2) is 4.68. The molecule has 0 heterocycles. The molecule has 0 spiro atoms. The van der Waals surface area contributed by atoms with Crippen LogP contribution >= 0.6 is 11.6 Å². The number of phenolic OH excluding ortho intramolecular Hbond substituents is 1. The summed E-state index contributed by atoms with van der Waals surface area (Å²) in [7, 11) is 1.59. The molecule has 2 aromatic rings. The Morgan fingerprint density at radius 2 is 1.88 bits per heavy atom. The maximum absolute atomic E-state index is 9.38. The Morgan fingerprint density at radius 3 is 2.53 bits per heavy atom. The highest BCUT2D eigenvalue weighted by atomic mass is 35.5. The third kappa shape index (κ3) is 2.37. The Labute approximate surface area is 105 Å². The Bertz CT molecular complexity index is 550. The van der Waals surface area contributed by atoms with Gasteiger partial charge in [-0.2, -0.15) is 0 Å². The Morgan fingerprint density at radius 1 is 1.12 bits per heavy atom. The zero-order valence-electron chi connectivity index (χ0n) is 9.70. The van der Waals surface area contributed by atoms with Gasteiger partial charge in [0.05, 0.1) is 12.1 Å². The quantitative estimate of drug-likeness (QED) is 0.870. The topological polar surface area (TPSA) is 29.5 Å². The molecule has 2 rings (SSSR count). The molecule has 0 aliphatic heterocycles. The Kier molecular flexibility index (Phi) is 3.25. The number of hydrogen-bond acceptors (Lipinski definition) is 2. The number of halogens is 1. The molecule has 88 valence electrons. The molecule has 0 aliphatic rings. The fraction of sp³-hybridized carbons (Fsp3) is 0.143. The second-order valence-corrected chi connectivity index (χ2v) is 4.26. The smallest absolute Gasteiger partial charge is 0.138 e. The zero-order chi connectivity index (χ0) is 12.4. The van der Waals surface area contributed by atoms with Gasteiger partial charge in [-0.3, -0.25) is 0 Å². The highest BCUT2D eigenvalue weighted by Gasteiger charge is 2.06. The molecule has 2 aromatic carbocycles.